The number of anilines is 3. The third-order valence-corrected chi connectivity index (χ3v) is 11.8. The lowest BCUT2D eigenvalue weighted by Gasteiger charge is -2.30. The highest BCUT2D eigenvalue weighted by Gasteiger charge is 2.24. The number of hydrogen-bond acceptors (Lipinski definition) is 1. The molecule has 0 bridgehead atoms. The van der Waals surface area contributed by atoms with Crippen molar-refractivity contribution in [1.29, 1.82) is 0 Å². The molecule has 0 aliphatic carbocycles. The van der Waals surface area contributed by atoms with E-state index in [1.54, 1.807) is 0 Å². The van der Waals surface area contributed by atoms with E-state index >= 15 is 0 Å². The van der Waals surface area contributed by atoms with Gasteiger partial charge in [-0.15, -0.1) is 0 Å². The monoisotopic (exact) mass is 764 g/mol. The molecule has 0 unspecified atom stereocenters. The van der Waals surface area contributed by atoms with Crippen molar-refractivity contribution in [3.05, 3.63) is 243 Å². The van der Waals surface area contributed by atoms with Gasteiger partial charge in [-0.2, -0.15) is 0 Å². The van der Waals surface area contributed by atoms with Crippen LogP contribution in [0.4, 0.5) is 17.1 Å². The van der Waals surface area contributed by atoms with E-state index in [4.69, 9.17) is 0 Å². The summed E-state index contributed by atoms with van der Waals surface area (Å²) in [5, 5.41) is 4.88. The van der Waals surface area contributed by atoms with Crippen molar-refractivity contribution in [3.8, 4) is 50.2 Å². The number of fused-ring (bicyclic) bond motifs is 4. The molecule has 11 rings (SSSR count). The van der Waals surface area contributed by atoms with Gasteiger partial charge in [0.15, 0.2) is 0 Å². The minimum Gasteiger partial charge on any atom is -0.310 e. The standard InChI is InChI=1S/C58H40N2/c1-4-20-42(21-5-1)49-29-12-13-31-53(49)57-50(43-22-6-2-7-23-43)32-18-36-56(57)59(48-38-37-41-19-10-11-24-44(41)39-48)47-28-16-25-45(40-47)51-33-17-34-54-52-30-14-15-35-55(52)60(58(51)54)46-26-8-3-9-27-46/h1-40H. The van der Waals surface area contributed by atoms with Crippen LogP contribution in [0.25, 0.3) is 82.8 Å². The lowest BCUT2D eigenvalue weighted by molar-refractivity contribution is 1.18. The second-order valence-electron chi connectivity index (χ2n) is 15.3. The Kier molecular flexibility index (Phi) is 8.87. The summed E-state index contributed by atoms with van der Waals surface area (Å²) in [6.45, 7) is 0. The Hall–Kier alpha value is -7.94. The Morgan fingerprint density at radius 2 is 0.867 bits per heavy atom. The zero-order chi connectivity index (χ0) is 39.8. The Balaban J connectivity index is 1.20. The molecule has 0 fully saturated rings. The molecule has 2 heteroatoms. The Morgan fingerprint density at radius 3 is 1.67 bits per heavy atom. The molecule has 0 aliphatic heterocycles. The molecule has 0 amide bonds. The highest BCUT2D eigenvalue weighted by molar-refractivity contribution is 6.14. The molecule has 0 N–H and O–H groups in total. The van der Waals surface area contributed by atoms with E-state index < -0.39 is 0 Å². The summed E-state index contributed by atoms with van der Waals surface area (Å²) in [6, 6.07) is 88.0. The predicted molar refractivity (Wildman–Crippen MR) is 255 cm³/mol. The van der Waals surface area contributed by atoms with Crippen molar-refractivity contribution in [2.75, 3.05) is 4.90 Å². The molecular weight excluding hydrogens is 725 g/mol. The molecule has 60 heavy (non-hydrogen) atoms. The Morgan fingerprint density at radius 1 is 0.317 bits per heavy atom. The van der Waals surface area contributed by atoms with Crippen LogP contribution in [0.2, 0.25) is 0 Å². The van der Waals surface area contributed by atoms with Gasteiger partial charge in [0.25, 0.3) is 0 Å². The summed E-state index contributed by atoms with van der Waals surface area (Å²) in [7, 11) is 0. The minimum atomic E-state index is 1.07. The summed E-state index contributed by atoms with van der Waals surface area (Å²) in [5.41, 5.74) is 16.2. The second-order valence-corrected chi connectivity index (χ2v) is 15.3. The topological polar surface area (TPSA) is 8.17 Å². The number of benzene rings is 10. The quantitative estimate of drug-likeness (QED) is 0.150. The van der Waals surface area contributed by atoms with E-state index in [9.17, 15) is 0 Å². The Bertz CT molecular complexity index is 3310. The van der Waals surface area contributed by atoms with Crippen LogP contribution < -0.4 is 4.90 Å². The van der Waals surface area contributed by atoms with Gasteiger partial charge >= 0.3 is 0 Å². The summed E-state index contributed by atoms with van der Waals surface area (Å²) in [6.07, 6.45) is 0. The molecule has 0 radical (unpaired) electrons. The Labute approximate surface area is 350 Å². The van der Waals surface area contributed by atoms with Crippen molar-refractivity contribution < 1.29 is 0 Å². The highest BCUT2D eigenvalue weighted by Crippen LogP contribution is 2.49. The molecule has 0 atom stereocenters. The lowest BCUT2D eigenvalue weighted by Crippen LogP contribution is -2.12. The van der Waals surface area contributed by atoms with Crippen LogP contribution in [0.5, 0.6) is 0 Å². The van der Waals surface area contributed by atoms with Crippen molar-refractivity contribution in [1.82, 2.24) is 4.57 Å². The number of para-hydroxylation sites is 3. The lowest BCUT2D eigenvalue weighted by atomic mass is 9.87. The first-order valence-corrected chi connectivity index (χ1v) is 20.6. The van der Waals surface area contributed by atoms with Gasteiger partial charge < -0.3 is 9.47 Å². The van der Waals surface area contributed by atoms with Crippen LogP contribution in [0.3, 0.4) is 0 Å². The van der Waals surface area contributed by atoms with E-state index in [1.165, 1.54) is 71.5 Å². The maximum Gasteiger partial charge on any atom is 0.0619 e. The van der Waals surface area contributed by atoms with E-state index in [0.717, 1.165) is 28.3 Å². The molecule has 2 nitrogen and oxygen atoms in total. The molecule has 1 heterocycles. The summed E-state index contributed by atoms with van der Waals surface area (Å²) in [4.78, 5) is 2.46. The summed E-state index contributed by atoms with van der Waals surface area (Å²) in [5.74, 6) is 0. The number of rotatable bonds is 8. The van der Waals surface area contributed by atoms with Gasteiger partial charge in [-0.25, -0.2) is 0 Å². The van der Waals surface area contributed by atoms with E-state index in [1.807, 2.05) is 0 Å². The number of nitrogens with zero attached hydrogens (tertiary/aromatic N) is 2. The SMILES string of the molecule is c1ccc(-c2ccccc2-c2c(-c3ccccc3)cccc2N(c2cccc(-c3cccc4c5ccccc5n(-c5ccccc5)c34)c2)c2ccc3ccccc3c2)cc1. The van der Waals surface area contributed by atoms with Crippen LogP contribution in [0.15, 0.2) is 243 Å². The first-order chi connectivity index (χ1) is 29.8. The first kappa shape index (κ1) is 35.2. The van der Waals surface area contributed by atoms with Gasteiger partial charge in [0.1, 0.15) is 0 Å². The van der Waals surface area contributed by atoms with Gasteiger partial charge in [-0.1, -0.05) is 194 Å². The molecule has 10 aromatic carbocycles. The maximum absolute atomic E-state index is 2.46. The van der Waals surface area contributed by atoms with Gasteiger partial charge in [0.05, 0.1) is 16.7 Å². The van der Waals surface area contributed by atoms with Gasteiger partial charge in [-0.05, 0) is 92.7 Å². The first-order valence-electron chi connectivity index (χ1n) is 20.6. The van der Waals surface area contributed by atoms with Crippen molar-refractivity contribution in [2.45, 2.75) is 0 Å². The largest absolute Gasteiger partial charge is 0.310 e. The molecule has 0 saturated carbocycles. The fourth-order valence-corrected chi connectivity index (χ4v) is 9.09. The fraction of sp³-hybridized carbons (Fsp3) is 0. The number of hydrogen-bond donors (Lipinski definition) is 0. The predicted octanol–water partition coefficient (Wildman–Crippen LogP) is 16.1. The average Bonchev–Trinajstić information content (AvgIpc) is 3.67. The summed E-state index contributed by atoms with van der Waals surface area (Å²) < 4.78 is 2.43. The third kappa shape index (κ3) is 6.14. The smallest absolute Gasteiger partial charge is 0.0619 e. The molecule has 11 aromatic rings. The van der Waals surface area contributed by atoms with Crippen LogP contribution in [0.1, 0.15) is 0 Å². The van der Waals surface area contributed by atoms with Crippen molar-refractivity contribution in [2.24, 2.45) is 0 Å². The van der Waals surface area contributed by atoms with E-state index in [0.29, 0.717) is 0 Å². The minimum absolute atomic E-state index is 1.07. The van der Waals surface area contributed by atoms with E-state index in [2.05, 4.69) is 252 Å². The maximum atomic E-state index is 2.46. The molecule has 0 aliphatic rings. The average molecular weight is 765 g/mol. The molecular formula is C58H40N2. The van der Waals surface area contributed by atoms with Gasteiger partial charge in [0.2, 0.25) is 0 Å². The number of aromatic nitrogens is 1. The second kappa shape index (κ2) is 15.1. The highest BCUT2D eigenvalue weighted by atomic mass is 15.1. The third-order valence-electron chi connectivity index (χ3n) is 11.8. The normalized spacial score (nSPS) is 11.3. The zero-order valence-corrected chi connectivity index (χ0v) is 33.0. The van der Waals surface area contributed by atoms with Crippen LogP contribution in [0, 0.1) is 0 Å². The molecule has 282 valence electrons. The summed E-state index contributed by atoms with van der Waals surface area (Å²) >= 11 is 0. The van der Waals surface area contributed by atoms with Crippen molar-refractivity contribution >= 4 is 49.6 Å². The fourth-order valence-electron chi connectivity index (χ4n) is 9.09. The van der Waals surface area contributed by atoms with Crippen molar-refractivity contribution in [3.63, 3.8) is 0 Å². The van der Waals surface area contributed by atoms with Crippen LogP contribution in [-0.2, 0) is 0 Å². The van der Waals surface area contributed by atoms with Crippen LogP contribution >= 0.6 is 0 Å². The molecule has 0 spiro atoms. The van der Waals surface area contributed by atoms with Gasteiger partial charge in [-0.3, -0.25) is 0 Å². The molecule has 0 saturated heterocycles. The zero-order valence-electron chi connectivity index (χ0n) is 33.0. The van der Waals surface area contributed by atoms with E-state index in [-0.39, 0.29) is 0 Å². The molecule has 1 aromatic heterocycles. The van der Waals surface area contributed by atoms with Crippen LogP contribution in [-0.4, -0.2) is 4.57 Å². The van der Waals surface area contributed by atoms with Gasteiger partial charge in [0, 0.05) is 39.0 Å².